The van der Waals surface area contributed by atoms with Gasteiger partial charge in [0, 0.05) is 25.4 Å². The molecule has 1 aromatic heterocycles. The number of Topliss-reactive ketones (excluding diaryl/α,β-unsaturated/α-hetero) is 1. The van der Waals surface area contributed by atoms with Crippen LogP contribution in [-0.4, -0.2) is 93.4 Å². The third kappa shape index (κ3) is 12.7. The van der Waals surface area contributed by atoms with Crippen molar-refractivity contribution >= 4 is 41.2 Å². The Morgan fingerprint density at radius 1 is 0.887 bits per heavy atom. The summed E-state index contributed by atoms with van der Waals surface area (Å²) < 4.78 is 47.8. The number of nitrogens with one attached hydrogen (secondary N) is 4. The zero-order chi connectivity index (χ0) is 44.8. The van der Waals surface area contributed by atoms with Crippen LogP contribution in [0.3, 0.4) is 0 Å². The molecule has 0 radical (unpaired) electrons. The predicted molar refractivity (Wildman–Crippen MR) is 216 cm³/mol. The molecule has 2 fully saturated rings. The van der Waals surface area contributed by atoms with Gasteiger partial charge in [-0.15, -0.1) is 0 Å². The van der Waals surface area contributed by atoms with Crippen LogP contribution in [0.5, 0.6) is 0 Å². The van der Waals surface area contributed by atoms with E-state index in [1.54, 1.807) is 30.3 Å². The van der Waals surface area contributed by atoms with Crippen molar-refractivity contribution in [2.24, 2.45) is 11.7 Å². The highest BCUT2D eigenvalue weighted by molar-refractivity contribution is 6.38. The Kier molecular flexibility index (Phi) is 16.6. The second kappa shape index (κ2) is 22.0. The molecule has 2 aromatic carbocycles. The molecular formula is C43H51F3N8O8. The molecule has 1 aliphatic heterocycles. The smallest absolute Gasteiger partial charge is 0.372 e. The predicted octanol–water partition coefficient (Wildman–Crippen LogP) is 3.06. The lowest BCUT2D eigenvalue weighted by Crippen LogP contribution is -2.58. The molecule has 0 spiro atoms. The van der Waals surface area contributed by atoms with E-state index in [2.05, 4.69) is 31.2 Å². The lowest BCUT2D eigenvalue weighted by molar-refractivity contribution is -0.143. The first-order valence-corrected chi connectivity index (χ1v) is 20.6. The fourth-order valence-corrected chi connectivity index (χ4v) is 7.67. The standard InChI is InChI=1S/C43H51F3N8O8/c1-2-3-19-30(36(56)41(60)50-23-32(55)52-33(38(47)57)27-15-9-5-10-16-27)51-39(58)31-22-29(62-25-26-13-7-4-8-14-26)24-54(31)42(61)34(28-17-11-6-12-18-28)53-40(59)35-37(43(44,45)46)49-21-20-48-35/h4-5,7-10,13-16,20-21,28-31,33-34H,2-3,6,11-12,17-19,22-25H2,1H3,(H2,47,57)(H,50,60)(H,51,58)(H,52,55)(H,53,59)/t29-,30?,31+,33?,34?/m1/s1. The van der Waals surface area contributed by atoms with Gasteiger partial charge in [-0.2, -0.15) is 13.2 Å². The van der Waals surface area contributed by atoms with Crippen molar-refractivity contribution < 1.29 is 51.5 Å². The molecule has 19 heteroatoms. The zero-order valence-electron chi connectivity index (χ0n) is 34.2. The van der Waals surface area contributed by atoms with Gasteiger partial charge < -0.3 is 36.6 Å². The number of amides is 6. The van der Waals surface area contributed by atoms with Gasteiger partial charge in [0.15, 0.2) is 11.4 Å². The Morgan fingerprint density at radius 2 is 1.55 bits per heavy atom. The average Bonchev–Trinajstić information content (AvgIpc) is 3.72. The van der Waals surface area contributed by atoms with Gasteiger partial charge in [-0.3, -0.25) is 33.6 Å². The maximum absolute atomic E-state index is 14.7. The molecule has 16 nitrogen and oxygen atoms in total. The van der Waals surface area contributed by atoms with E-state index in [0.717, 1.165) is 24.4 Å². The lowest BCUT2D eigenvalue weighted by atomic mass is 9.83. The third-order valence-electron chi connectivity index (χ3n) is 10.9. The van der Waals surface area contributed by atoms with Crippen LogP contribution in [0, 0.1) is 5.92 Å². The Balaban J connectivity index is 1.35. The average molecular weight is 865 g/mol. The summed E-state index contributed by atoms with van der Waals surface area (Å²) in [7, 11) is 0. The summed E-state index contributed by atoms with van der Waals surface area (Å²) in [6, 6.07) is 12.0. The van der Waals surface area contributed by atoms with E-state index >= 15 is 0 Å². The molecule has 3 aromatic rings. The number of carbonyl (C=O) groups is 7. The van der Waals surface area contributed by atoms with Crippen LogP contribution in [0.4, 0.5) is 13.2 Å². The van der Waals surface area contributed by atoms with Crippen LogP contribution in [0.25, 0.3) is 0 Å². The third-order valence-corrected chi connectivity index (χ3v) is 10.9. The number of alkyl halides is 3. The van der Waals surface area contributed by atoms with E-state index in [1.165, 1.54) is 4.90 Å². The van der Waals surface area contributed by atoms with Crippen molar-refractivity contribution in [2.45, 2.75) is 108 Å². The minimum atomic E-state index is -5.02. The first-order valence-electron chi connectivity index (χ1n) is 20.6. The highest BCUT2D eigenvalue weighted by atomic mass is 19.4. The fraction of sp³-hybridized carbons (Fsp3) is 0.465. The molecule has 6 amide bonds. The summed E-state index contributed by atoms with van der Waals surface area (Å²) in [4.78, 5) is 102. The molecular weight excluding hydrogens is 814 g/mol. The van der Waals surface area contributed by atoms with Gasteiger partial charge in [-0.05, 0) is 36.3 Å². The highest BCUT2D eigenvalue weighted by Gasteiger charge is 2.46. The quantitative estimate of drug-likeness (QED) is 0.111. The van der Waals surface area contributed by atoms with Crippen LogP contribution in [-0.2, 0) is 46.3 Å². The number of hydrogen-bond donors (Lipinski definition) is 5. The summed E-state index contributed by atoms with van der Waals surface area (Å²) >= 11 is 0. The van der Waals surface area contributed by atoms with Crippen LogP contribution >= 0.6 is 0 Å². The van der Waals surface area contributed by atoms with Crippen molar-refractivity contribution in [1.29, 1.82) is 0 Å². The van der Waals surface area contributed by atoms with Gasteiger partial charge in [-0.1, -0.05) is 99.7 Å². The molecule has 5 atom stereocenters. The van der Waals surface area contributed by atoms with E-state index < -0.39 is 102 Å². The first-order chi connectivity index (χ1) is 29.7. The van der Waals surface area contributed by atoms with Gasteiger partial charge in [-0.25, -0.2) is 9.97 Å². The Labute approximate surface area is 356 Å². The normalized spacial score (nSPS) is 18.2. The maximum atomic E-state index is 14.7. The fourth-order valence-electron chi connectivity index (χ4n) is 7.67. The second-order valence-corrected chi connectivity index (χ2v) is 15.3. The van der Waals surface area contributed by atoms with Gasteiger partial charge in [0.1, 0.15) is 18.1 Å². The monoisotopic (exact) mass is 864 g/mol. The molecule has 3 unspecified atom stereocenters. The summed E-state index contributed by atoms with van der Waals surface area (Å²) in [6.07, 6.45) is 0.128. The van der Waals surface area contributed by atoms with Gasteiger partial charge in [0.2, 0.25) is 29.4 Å². The maximum Gasteiger partial charge on any atom is 0.435 e. The number of unbranched alkanes of at least 4 members (excludes halogenated alkanes) is 1. The van der Waals surface area contributed by atoms with E-state index in [-0.39, 0.29) is 26.0 Å². The molecule has 1 aliphatic carbocycles. The summed E-state index contributed by atoms with van der Waals surface area (Å²) in [5, 5.41) is 9.79. The highest BCUT2D eigenvalue weighted by Crippen LogP contribution is 2.32. The number of halogens is 3. The minimum Gasteiger partial charge on any atom is -0.372 e. The van der Waals surface area contributed by atoms with Gasteiger partial charge in [0.05, 0.1) is 25.3 Å². The number of benzene rings is 2. The van der Waals surface area contributed by atoms with Crippen molar-refractivity contribution in [3.8, 4) is 0 Å². The van der Waals surface area contributed by atoms with E-state index in [9.17, 15) is 46.7 Å². The van der Waals surface area contributed by atoms with E-state index in [1.807, 2.05) is 37.3 Å². The summed E-state index contributed by atoms with van der Waals surface area (Å²) in [5.41, 5.74) is 4.16. The molecule has 2 heterocycles. The topological polar surface area (TPSA) is 232 Å². The molecule has 332 valence electrons. The molecule has 6 N–H and O–H groups in total. The zero-order valence-corrected chi connectivity index (χ0v) is 34.2. The number of nitrogens with two attached hydrogens (primary N) is 1. The van der Waals surface area contributed by atoms with Crippen LogP contribution in [0.1, 0.15) is 98.1 Å². The molecule has 2 aliphatic rings. The van der Waals surface area contributed by atoms with Crippen molar-refractivity contribution in [2.75, 3.05) is 13.1 Å². The SMILES string of the molecule is CCCCC(NC(=O)[C@@H]1C[C@@H](OCc2ccccc2)CN1C(=O)C(NC(=O)c1nccnc1C(F)(F)F)C1CCCCC1)C(=O)C(=O)NCC(=O)NC(C(N)=O)c1ccccc1. The Morgan fingerprint density at radius 3 is 2.19 bits per heavy atom. The van der Waals surface area contributed by atoms with Crippen molar-refractivity contribution in [3.05, 3.63) is 95.6 Å². The number of ether oxygens (including phenoxy) is 1. The largest absolute Gasteiger partial charge is 0.435 e. The van der Waals surface area contributed by atoms with Crippen molar-refractivity contribution in [1.82, 2.24) is 36.1 Å². The van der Waals surface area contributed by atoms with Gasteiger partial charge in [0.25, 0.3) is 11.8 Å². The molecule has 0 bridgehead atoms. The minimum absolute atomic E-state index is 0.0213. The number of aromatic nitrogens is 2. The first kappa shape index (κ1) is 46.8. The molecule has 1 saturated carbocycles. The molecule has 62 heavy (non-hydrogen) atoms. The van der Waals surface area contributed by atoms with Crippen molar-refractivity contribution in [3.63, 3.8) is 0 Å². The number of likely N-dealkylation sites (tertiary alicyclic amines) is 1. The lowest BCUT2D eigenvalue weighted by Gasteiger charge is -2.34. The second-order valence-electron chi connectivity index (χ2n) is 15.3. The number of hydrogen-bond acceptors (Lipinski definition) is 10. The number of ketones is 1. The van der Waals surface area contributed by atoms with Crippen LogP contribution < -0.4 is 27.0 Å². The number of rotatable bonds is 19. The molecule has 1 saturated heterocycles. The van der Waals surface area contributed by atoms with E-state index in [0.29, 0.717) is 44.1 Å². The number of carbonyl (C=O) groups excluding carboxylic acids is 7. The Bertz CT molecular complexity index is 2050. The van der Waals surface area contributed by atoms with Crippen LogP contribution in [0.2, 0.25) is 0 Å². The summed E-state index contributed by atoms with van der Waals surface area (Å²) in [6.45, 7) is 1.11. The van der Waals surface area contributed by atoms with Crippen LogP contribution in [0.15, 0.2) is 73.1 Å². The molecule has 5 rings (SSSR count). The van der Waals surface area contributed by atoms with E-state index in [4.69, 9.17) is 10.5 Å². The number of primary amides is 1. The van der Waals surface area contributed by atoms with Gasteiger partial charge >= 0.3 is 6.18 Å². The Hall–Kier alpha value is -6.24. The summed E-state index contributed by atoms with van der Waals surface area (Å²) in [5.74, 6) is -7.23. The number of nitrogens with zero attached hydrogens (tertiary/aromatic N) is 3.